The van der Waals surface area contributed by atoms with Crippen LogP contribution >= 0.6 is 0 Å². The van der Waals surface area contributed by atoms with Crippen LogP contribution in [0.15, 0.2) is 0 Å². The van der Waals surface area contributed by atoms with E-state index in [4.69, 9.17) is 9.84 Å². The highest BCUT2D eigenvalue weighted by Gasteiger charge is 2.41. The number of nitrogens with one attached hydrogen (secondary N) is 1. The molecule has 2 unspecified atom stereocenters. The number of carbonyl (C=O) groups excluding carboxylic acids is 1. The minimum atomic E-state index is -0.874. The monoisotopic (exact) mass is 215 g/mol. The molecule has 5 heteroatoms. The molecule has 5 nitrogen and oxygen atoms in total. The molecule has 1 saturated carbocycles. The Morgan fingerprint density at radius 3 is 2.47 bits per heavy atom. The fraction of sp³-hybridized carbons (Fsp3) is 0.800. The zero-order valence-electron chi connectivity index (χ0n) is 9.03. The van der Waals surface area contributed by atoms with E-state index in [1.165, 1.54) is 0 Å². The number of methoxy groups -OCH3 is 1. The maximum absolute atomic E-state index is 11.6. The number of hydrogen-bond donors (Lipinski definition) is 2. The smallest absolute Gasteiger partial charge is 0.307 e. The maximum atomic E-state index is 11.6. The van der Waals surface area contributed by atoms with Crippen molar-refractivity contribution in [3.63, 3.8) is 0 Å². The number of carboxylic acid groups (broad SMARTS) is 1. The lowest BCUT2D eigenvalue weighted by Crippen LogP contribution is -2.47. The second-order valence-electron chi connectivity index (χ2n) is 3.99. The highest BCUT2D eigenvalue weighted by molar-refractivity contribution is 5.86. The Bertz CT molecular complexity index is 254. The van der Waals surface area contributed by atoms with Gasteiger partial charge in [-0.25, -0.2) is 0 Å². The number of carbonyl (C=O) groups is 2. The van der Waals surface area contributed by atoms with Crippen LogP contribution < -0.4 is 5.32 Å². The standard InChI is InChI=1S/C10H17NO4/c1-6(5-15-2)11-9(12)7-3-4-8(7)10(13)14/h6-8H,3-5H2,1-2H3,(H,11,12)(H,13,14)/t6-,7?,8?/m1/s1. The van der Waals surface area contributed by atoms with Crippen molar-refractivity contribution < 1.29 is 19.4 Å². The van der Waals surface area contributed by atoms with Crippen LogP contribution in [0.2, 0.25) is 0 Å². The zero-order valence-corrected chi connectivity index (χ0v) is 9.03. The first-order valence-electron chi connectivity index (χ1n) is 5.08. The molecule has 0 aromatic heterocycles. The summed E-state index contributed by atoms with van der Waals surface area (Å²) in [5.41, 5.74) is 0. The highest BCUT2D eigenvalue weighted by atomic mass is 16.5. The average molecular weight is 215 g/mol. The SMILES string of the molecule is COC[C@@H](C)NC(=O)C1CCC1C(=O)O. The Kier molecular flexibility index (Phi) is 4.08. The van der Waals surface area contributed by atoms with Gasteiger partial charge in [0.25, 0.3) is 0 Å². The fourth-order valence-electron chi connectivity index (χ4n) is 1.75. The van der Waals surface area contributed by atoms with E-state index in [1.807, 2.05) is 6.92 Å². The molecule has 1 aliphatic carbocycles. The van der Waals surface area contributed by atoms with Gasteiger partial charge in [0.2, 0.25) is 5.91 Å². The molecular formula is C10H17NO4. The second kappa shape index (κ2) is 5.11. The van der Waals surface area contributed by atoms with Crippen LogP contribution in [0.25, 0.3) is 0 Å². The van der Waals surface area contributed by atoms with Crippen LogP contribution in [0.4, 0.5) is 0 Å². The fourth-order valence-corrected chi connectivity index (χ4v) is 1.75. The van der Waals surface area contributed by atoms with Crippen LogP contribution in [0.5, 0.6) is 0 Å². The Morgan fingerprint density at radius 2 is 2.07 bits per heavy atom. The lowest BCUT2D eigenvalue weighted by atomic mass is 9.73. The lowest BCUT2D eigenvalue weighted by molar-refractivity contribution is -0.153. The topological polar surface area (TPSA) is 75.6 Å². The number of carboxylic acids is 1. The molecule has 15 heavy (non-hydrogen) atoms. The van der Waals surface area contributed by atoms with E-state index < -0.39 is 11.9 Å². The lowest BCUT2D eigenvalue weighted by Gasteiger charge is -2.32. The van der Waals surface area contributed by atoms with Gasteiger partial charge < -0.3 is 15.2 Å². The van der Waals surface area contributed by atoms with Gasteiger partial charge in [0.05, 0.1) is 18.4 Å². The minimum Gasteiger partial charge on any atom is -0.481 e. The molecule has 0 aromatic carbocycles. The number of aliphatic carboxylic acids is 1. The van der Waals surface area contributed by atoms with Crippen LogP contribution in [0, 0.1) is 11.8 Å². The molecule has 1 aliphatic rings. The summed E-state index contributed by atoms with van der Waals surface area (Å²) in [5, 5.41) is 11.5. The van der Waals surface area contributed by atoms with Crippen LogP contribution in [-0.4, -0.2) is 36.7 Å². The van der Waals surface area contributed by atoms with Gasteiger partial charge in [0.1, 0.15) is 0 Å². The summed E-state index contributed by atoms with van der Waals surface area (Å²) >= 11 is 0. The summed E-state index contributed by atoms with van der Waals surface area (Å²) in [6.45, 7) is 2.27. The Hall–Kier alpha value is -1.10. The third-order valence-electron chi connectivity index (χ3n) is 2.73. The quantitative estimate of drug-likeness (QED) is 0.689. The van der Waals surface area contributed by atoms with Crippen LogP contribution in [0.3, 0.4) is 0 Å². The number of amides is 1. The van der Waals surface area contributed by atoms with Gasteiger partial charge in [-0.15, -0.1) is 0 Å². The van der Waals surface area contributed by atoms with Gasteiger partial charge >= 0.3 is 5.97 Å². The van der Waals surface area contributed by atoms with Crippen molar-refractivity contribution in [3.8, 4) is 0 Å². The number of ether oxygens (including phenoxy) is 1. The van der Waals surface area contributed by atoms with Gasteiger partial charge in [0.15, 0.2) is 0 Å². The van der Waals surface area contributed by atoms with Crippen molar-refractivity contribution in [1.82, 2.24) is 5.32 Å². The van der Waals surface area contributed by atoms with Gasteiger partial charge in [0, 0.05) is 13.2 Å². The van der Waals surface area contributed by atoms with E-state index in [2.05, 4.69) is 5.32 Å². The average Bonchev–Trinajstić information content (AvgIpc) is 1.99. The van der Waals surface area contributed by atoms with Gasteiger partial charge in [-0.2, -0.15) is 0 Å². The van der Waals surface area contributed by atoms with Crippen molar-refractivity contribution >= 4 is 11.9 Å². The van der Waals surface area contributed by atoms with E-state index in [9.17, 15) is 9.59 Å². The summed E-state index contributed by atoms with van der Waals surface area (Å²) in [7, 11) is 1.56. The molecule has 86 valence electrons. The molecule has 1 amide bonds. The first-order valence-corrected chi connectivity index (χ1v) is 5.08. The molecule has 1 fully saturated rings. The molecule has 2 N–H and O–H groups in total. The van der Waals surface area contributed by atoms with Crippen molar-refractivity contribution in [2.45, 2.75) is 25.8 Å². The van der Waals surface area contributed by atoms with Gasteiger partial charge in [-0.1, -0.05) is 0 Å². The number of rotatable bonds is 5. The van der Waals surface area contributed by atoms with E-state index >= 15 is 0 Å². The second-order valence-corrected chi connectivity index (χ2v) is 3.99. The van der Waals surface area contributed by atoms with Crippen molar-refractivity contribution in [1.29, 1.82) is 0 Å². The predicted octanol–water partition coefficient (Wildman–Crippen LogP) is 0.248. The predicted molar refractivity (Wildman–Crippen MR) is 53.3 cm³/mol. The molecule has 1 rings (SSSR count). The summed E-state index contributed by atoms with van der Waals surface area (Å²) in [6.07, 6.45) is 1.27. The summed E-state index contributed by atoms with van der Waals surface area (Å²) in [5.74, 6) is -1.90. The van der Waals surface area contributed by atoms with E-state index in [-0.39, 0.29) is 17.9 Å². The summed E-state index contributed by atoms with van der Waals surface area (Å²) < 4.78 is 4.88. The molecule has 0 spiro atoms. The first-order chi connectivity index (χ1) is 7.06. The third kappa shape index (κ3) is 2.92. The molecule has 0 aliphatic heterocycles. The molecule has 0 heterocycles. The van der Waals surface area contributed by atoms with Gasteiger partial charge in [-0.3, -0.25) is 9.59 Å². The normalized spacial score (nSPS) is 26.5. The molecule has 0 radical (unpaired) electrons. The Labute approximate surface area is 88.8 Å². The number of hydrogen-bond acceptors (Lipinski definition) is 3. The summed E-state index contributed by atoms with van der Waals surface area (Å²) in [6, 6.07) is -0.0717. The van der Waals surface area contributed by atoms with Crippen molar-refractivity contribution in [2.24, 2.45) is 11.8 Å². The molecule has 3 atom stereocenters. The summed E-state index contributed by atoms with van der Waals surface area (Å²) in [4.78, 5) is 22.3. The van der Waals surface area contributed by atoms with Crippen molar-refractivity contribution in [3.05, 3.63) is 0 Å². The Balaban J connectivity index is 2.37. The van der Waals surface area contributed by atoms with Crippen LogP contribution in [0.1, 0.15) is 19.8 Å². The van der Waals surface area contributed by atoms with E-state index in [0.29, 0.717) is 19.4 Å². The Morgan fingerprint density at radius 1 is 1.47 bits per heavy atom. The van der Waals surface area contributed by atoms with Gasteiger partial charge in [-0.05, 0) is 19.8 Å². The zero-order chi connectivity index (χ0) is 11.4. The molecular weight excluding hydrogens is 198 g/mol. The third-order valence-corrected chi connectivity index (χ3v) is 2.73. The highest BCUT2D eigenvalue weighted by Crippen LogP contribution is 2.34. The minimum absolute atomic E-state index is 0.0717. The van der Waals surface area contributed by atoms with Crippen LogP contribution in [-0.2, 0) is 14.3 Å². The first kappa shape index (κ1) is 12.0. The van der Waals surface area contributed by atoms with Crippen molar-refractivity contribution in [2.75, 3.05) is 13.7 Å². The molecule has 0 aromatic rings. The largest absolute Gasteiger partial charge is 0.481 e. The molecule has 0 bridgehead atoms. The molecule has 0 saturated heterocycles. The van der Waals surface area contributed by atoms with E-state index in [1.54, 1.807) is 7.11 Å². The maximum Gasteiger partial charge on any atom is 0.307 e. The van der Waals surface area contributed by atoms with E-state index in [0.717, 1.165) is 0 Å².